The van der Waals surface area contributed by atoms with Crippen molar-refractivity contribution in [2.45, 2.75) is 38.3 Å². The zero-order chi connectivity index (χ0) is 22.6. The second kappa shape index (κ2) is 10.00. The first-order chi connectivity index (χ1) is 16.2. The van der Waals surface area contributed by atoms with Gasteiger partial charge in [-0.1, -0.05) is 12.1 Å². The lowest BCUT2D eigenvalue weighted by Crippen LogP contribution is -2.43. The summed E-state index contributed by atoms with van der Waals surface area (Å²) >= 11 is 0. The number of rotatable bonds is 8. The molecule has 1 saturated heterocycles. The zero-order valence-electron chi connectivity index (χ0n) is 19.2. The van der Waals surface area contributed by atoms with Crippen molar-refractivity contribution in [2.75, 3.05) is 33.4 Å². The van der Waals surface area contributed by atoms with E-state index in [0.717, 1.165) is 84.8 Å². The van der Waals surface area contributed by atoms with Crippen molar-refractivity contribution in [3.63, 3.8) is 0 Å². The minimum atomic E-state index is 0.239. The van der Waals surface area contributed by atoms with E-state index in [1.54, 1.807) is 7.11 Å². The van der Waals surface area contributed by atoms with Gasteiger partial charge in [-0.15, -0.1) is 0 Å². The van der Waals surface area contributed by atoms with Crippen LogP contribution in [0.2, 0.25) is 0 Å². The number of methoxy groups -OCH3 is 1. The molecular weight excluding hydrogens is 414 g/mol. The fourth-order valence-corrected chi connectivity index (χ4v) is 4.91. The Morgan fingerprint density at radius 2 is 1.88 bits per heavy atom. The normalized spacial score (nSPS) is 16.9. The topological polar surface area (TPSA) is 67.6 Å². The van der Waals surface area contributed by atoms with Crippen LogP contribution in [0.3, 0.4) is 0 Å². The maximum Gasteiger partial charge on any atom is 0.163 e. The van der Waals surface area contributed by atoms with Gasteiger partial charge in [0.2, 0.25) is 0 Å². The highest BCUT2D eigenvalue weighted by Crippen LogP contribution is 2.37. The lowest BCUT2D eigenvalue weighted by molar-refractivity contribution is 0.0994. The number of hydrogen-bond donors (Lipinski definition) is 1. The minimum Gasteiger partial charge on any atom is -0.459 e. The number of ether oxygens (including phenoxy) is 1. The van der Waals surface area contributed by atoms with Gasteiger partial charge < -0.3 is 19.4 Å². The van der Waals surface area contributed by atoms with Gasteiger partial charge in [-0.25, -0.2) is 0 Å². The van der Waals surface area contributed by atoms with Gasteiger partial charge >= 0.3 is 0 Å². The predicted molar refractivity (Wildman–Crippen MR) is 128 cm³/mol. The Kier molecular flexibility index (Phi) is 6.67. The van der Waals surface area contributed by atoms with Crippen LogP contribution >= 0.6 is 0 Å². The van der Waals surface area contributed by atoms with Crippen molar-refractivity contribution in [2.24, 2.45) is 0 Å². The SMILES string of the molecule is COCCN1CCC(NCc2cc(-c3ccncc3)c(-c3ccc4c(c3)CCC4=O)o2)CC1. The Labute approximate surface area is 195 Å². The summed E-state index contributed by atoms with van der Waals surface area (Å²) in [5, 5.41) is 3.70. The van der Waals surface area contributed by atoms with E-state index in [1.807, 2.05) is 36.7 Å². The van der Waals surface area contributed by atoms with E-state index < -0.39 is 0 Å². The molecular formula is C27H31N3O3. The molecule has 0 radical (unpaired) electrons. The average Bonchev–Trinajstić information content (AvgIpc) is 3.46. The molecule has 3 heterocycles. The molecule has 1 fully saturated rings. The molecule has 0 bridgehead atoms. The number of likely N-dealkylation sites (tertiary alicyclic amines) is 1. The molecule has 0 spiro atoms. The number of pyridine rings is 1. The molecule has 0 amide bonds. The van der Waals surface area contributed by atoms with Gasteiger partial charge in [0.25, 0.3) is 0 Å². The fourth-order valence-electron chi connectivity index (χ4n) is 4.91. The van der Waals surface area contributed by atoms with Crippen LogP contribution in [-0.2, 0) is 17.7 Å². The third-order valence-electron chi connectivity index (χ3n) is 6.83. The number of nitrogens with zero attached hydrogens (tertiary/aromatic N) is 2. The van der Waals surface area contributed by atoms with Crippen molar-refractivity contribution in [3.8, 4) is 22.5 Å². The molecule has 6 heteroatoms. The third kappa shape index (κ3) is 4.93. The Bertz CT molecular complexity index is 1100. The van der Waals surface area contributed by atoms with E-state index in [1.165, 1.54) is 0 Å². The van der Waals surface area contributed by atoms with Gasteiger partial charge in [0, 0.05) is 55.2 Å². The molecule has 0 unspecified atom stereocenters. The number of nitrogens with one attached hydrogen (secondary N) is 1. The minimum absolute atomic E-state index is 0.239. The second-order valence-corrected chi connectivity index (χ2v) is 8.98. The summed E-state index contributed by atoms with van der Waals surface area (Å²) in [5.74, 6) is 2.02. The molecule has 1 aliphatic heterocycles. The van der Waals surface area contributed by atoms with E-state index in [0.29, 0.717) is 19.0 Å². The first kappa shape index (κ1) is 22.0. The highest BCUT2D eigenvalue weighted by atomic mass is 16.5. The Balaban J connectivity index is 1.33. The molecule has 33 heavy (non-hydrogen) atoms. The van der Waals surface area contributed by atoms with Crippen LogP contribution in [0, 0.1) is 0 Å². The number of hydrogen-bond acceptors (Lipinski definition) is 6. The van der Waals surface area contributed by atoms with E-state index in [4.69, 9.17) is 9.15 Å². The standard InChI is InChI=1S/C27H31N3O3/c1-32-15-14-30-12-8-22(9-13-30)29-18-23-17-25(19-6-10-28-11-7-19)27(33-23)21-2-4-24-20(16-21)3-5-26(24)31/h2,4,6-7,10-11,16-17,22,29H,3,5,8-9,12-15,18H2,1H3. The number of aryl methyl sites for hydroxylation is 1. The smallest absolute Gasteiger partial charge is 0.163 e. The highest BCUT2D eigenvalue weighted by Gasteiger charge is 2.23. The maximum atomic E-state index is 12.1. The number of Topliss-reactive ketones (excluding diaryl/α,β-unsaturated/α-hetero) is 1. The summed E-state index contributed by atoms with van der Waals surface area (Å²) in [7, 11) is 1.76. The molecule has 0 saturated carbocycles. The van der Waals surface area contributed by atoms with Gasteiger partial charge in [0.15, 0.2) is 5.78 Å². The van der Waals surface area contributed by atoms with Gasteiger partial charge in [0.1, 0.15) is 11.5 Å². The van der Waals surface area contributed by atoms with Crippen molar-refractivity contribution in [1.29, 1.82) is 0 Å². The van der Waals surface area contributed by atoms with E-state index in [9.17, 15) is 4.79 Å². The molecule has 5 rings (SSSR count). The van der Waals surface area contributed by atoms with E-state index in [2.05, 4.69) is 27.3 Å². The Morgan fingerprint density at radius 3 is 2.67 bits per heavy atom. The van der Waals surface area contributed by atoms with Crippen LogP contribution in [0.15, 0.2) is 53.2 Å². The van der Waals surface area contributed by atoms with E-state index >= 15 is 0 Å². The molecule has 1 aromatic carbocycles. The zero-order valence-corrected chi connectivity index (χ0v) is 19.2. The summed E-state index contributed by atoms with van der Waals surface area (Å²) < 4.78 is 11.6. The summed E-state index contributed by atoms with van der Waals surface area (Å²) in [6, 6.07) is 12.7. The number of furan rings is 1. The summed E-state index contributed by atoms with van der Waals surface area (Å²) in [5.41, 5.74) is 5.14. The molecule has 1 aliphatic carbocycles. The van der Waals surface area contributed by atoms with Crippen molar-refractivity contribution in [3.05, 3.63) is 65.7 Å². The number of ketones is 1. The van der Waals surface area contributed by atoms with Crippen molar-refractivity contribution in [1.82, 2.24) is 15.2 Å². The number of aromatic nitrogens is 1. The largest absolute Gasteiger partial charge is 0.459 e. The number of benzene rings is 1. The van der Waals surface area contributed by atoms with E-state index in [-0.39, 0.29) is 5.78 Å². The summed E-state index contributed by atoms with van der Waals surface area (Å²) in [6.45, 7) is 4.69. The third-order valence-corrected chi connectivity index (χ3v) is 6.83. The Morgan fingerprint density at radius 1 is 1.06 bits per heavy atom. The van der Waals surface area contributed by atoms with Crippen LogP contribution in [0.1, 0.15) is 40.9 Å². The van der Waals surface area contributed by atoms with Gasteiger partial charge in [-0.2, -0.15) is 0 Å². The molecule has 3 aromatic rings. The first-order valence-electron chi connectivity index (χ1n) is 11.9. The molecule has 6 nitrogen and oxygen atoms in total. The first-order valence-corrected chi connectivity index (χ1v) is 11.9. The van der Waals surface area contributed by atoms with Gasteiger partial charge in [-0.3, -0.25) is 9.78 Å². The average molecular weight is 446 g/mol. The molecule has 2 aromatic heterocycles. The molecule has 2 aliphatic rings. The number of piperidine rings is 1. The summed E-state index contributed by atoms with van der Waals surface area (Å²) in [4.78, 5) is 18.7. The van der Waals surface area contributed by atoms with Crippen LogP contribution in [0.4, 0.5) is 0 Å². The Hall–Kier alpha value is -2.80. The molecule has 0 atom stereocenters. The fraction of sp³-hybridized carbons (Fsp3) is 0.407. The van der Waals surface area contributed by atoms with Crippen molar-refractivity contribution >= 4 is 5.78 Å². The van der Waals surface area contributed by atoms with Crippen LogP contribution < -0.4 is 5.32 Å². The number of fused-ring (bicyclic) bond motifs is 1. The number of carbonyl (C=O) groups is 1. The monoisotopic (exact) mass is 445 g/mol. The summed E-state index contributed by atoms with van der Waals surface area (Å²) in [6.07, 6.45) is 7.30. The van der Waals surface area contributed by atoms with Crippen LogP contribution in [0.5, 0.6) is 0 Å². The van der Waals surface area contributed by atoms with Crippen LogP contribution in [0.25, 0.3) is 22.5 Å². The van der Waals surface area contributed by atoms with Crippen molar-refractivity contribution < 1.29 is 13.9 Å². The molecule has 1 N–H and O–H groups in total. The second-order valence-electron chi connectivity index (χ2n) is 8.98. The lowest BCUT2D eigenvalue weighted by atomic mass is 9.99. The highest BCUT2D eigenvalue weighted by molar-refractivity contribution is 6.01. The van der Waals surface area contributed by atoms with Crippen LogP contribution in [-0.4, -0.2) is 55.1 Å². The maximum absolute atomic E-state index is 12.1. The molecule has 172 valence electrons. The predicted octanol–water partition coefficient (Wildman–Crippen LogP) is 4.34. The lowest BCUT2D eigenvalue weighted by Gasteiger charge is -2.32. The quantitative estimate of drug-likeness (QED) is 0.556. The number of carbonyl (C=O) groups excluding carboxylic acids is 1. The van der Waals surface area contributed by atoms with Gasteiger partial charge in [0.05, 0.1) is 13.2 Å². The van der Waals surface area contributed by atoms with Gasteiger partial charge in [-0.05, 0) is 67.7 Å².